The van der Waals surface area contributed by atoms with Crippen LogP contribution in [0.25, 0.3) is 0 Å². The molecule has 0 bridgehead atoms. The van der Waals surface area contributed by atoms with Crippen molar-refractivity contribution in [3.8, 4) is 0 Å². The minimum Gasteiger partial charge on any atom is -0.330 e. The maximum Gasteiger partial charge on any atom is 0.0537 e. The van der Waals surface area contributed by atoms with Gasteiger partial charge in [0, 0.05) is 37.4 Å². The summed E-state index contributed by atoms with van der Waals surface area (Å²) in [5.74, 6) is 0.670. The Hall–Kier alpha value is -0.870. The van der Waals surface area contributed by atoms with Crippen molar-refractivity contribution >= 4 is 0 Å². The van der Waals surface area contributed by atoms with E-state index in [-0.39, 0.29) is 0 Å². The van der Waals surface area contributed by atoms with Gasteiger partial charge in [-0.05, 0) is 39.2 Å². The summed E-state index contributed by atoms with van der Waals surface area (Å²) in [4.78, 5) is 2.55. The molecule has 4 nitrogen and oxygen atoms in total. The molecule has 1 aromatic heterocycles. The van der Waals surface area contributed by atoms with Crippen LogP contribution in [0.2, 0.25) is 0 Å². The highest BCUT2D eigenvalue weighted by Crippen LogP contribution is 2.23. The Labute approximate surface area is 104 Å². The van der Waals surface area contributed by atoms with Crippen LogP contribution in [-0.2, 0) is 13.6 Å². The molecule has 2 rings (SSSR count). The number of rotatable bonds is 3. The SMILES string of the molecule is Cc1c(CN2CC(CN)CCC2C)cnn1C. The highest BCUT2D eigenvalue weighted by Gasteiger charge is 2.25. The van der Waals surface area contributed by atoms with Gasteiger partial charge in [0.1, 0.15) is 0 Å². The number of nitrogens with two attached hydrogens (primary N) is 1. The summed E-state index contributed by atoms with van der Waals surface area (Å²) < 4.78 is 1.95. The molecule has 0 aromatic carbocycles. The summed E-state index contributed by atoms with van der Waals surface area (Å²) >= 11 is 0. The fraction of sp³-hybridized carbons (Fsp3) is 0.769. The van der Waals surface area contributed by atoms with Crippen molar-refractivity contribution in [3.63, 3.8) is 0 Å². The zero-order valence-corrected chi connectivity index (χ0v) is 11.2. The van der Waals surface area contributed by atoms with Crippen molar-refractivity contribution in [2.45, 2.75) is 39.3 Å². The first-order chi connectivity index (χ1) is 8.11. The molecular weight excluding hydrogens is 212 g/mol. The van der Waals surface area contributed by atoms with Crippen molar-refractivity contribution in [2.75, 3.05) is 13.1 Å². The molecule has 2 N–H and O–H groups in total. The topological polar surface area (TPSA) is 47.1 Å². The monoisotopic (exact) mass is 236 g/mol. The van der Waals surface area contributed by atoms with E-state index in [9.17, 15) is 0 Å². The van der Waals surface area contributed by atoms with Gasteiger partial charge in [-0.25, -0.2) is 0 Å². The number of hydrogen-bond acceptors (Lipinski definition) is 3. The van der Waals surface area contributed by atoms with Gasteiger partial charge in [0.15, 0.2) is 0 Å². The second kappa shape index (κ2) is 5.19. The largest absolute Gasteiger partial charge is 0.330 e. The molecule has 0 radical (unpaired) electrons. The number of likely N-dealkylation sites (tertiary alicyclic amines) is 1. The van der Waals surface area contributed by atoms with Gasteiger partial charge in [0.05, 0.1) is 6.20 Å². The lowest BCUT2D eigenvalue weighted by Crippen LogP contribution is -2.43. The van der Waals surface area contributed by atoms with E-state index in [1.165, 1.54) is 24.1 Å². The molecule has 0 amide bonds. The molecule has 2 atom stereocenters. The van der Waals surface area contributed by atoms with Crippen LogP contribution in [0.15, 0.2) is 6.20 Å². The Balaban J connectivity index is 2.04. The number of piperidine rings is 1. The average molecular weight is 236 g/mol. The highest BCUT2D eigenvalue weighted by molar-refractivity contribution is 5.15. The van der Waals surface area contributed by atoms with Crippen LogP contribution in [0.3, 0.4) is 0 Å². The minimum absolute atomic E-state index is 0.664. The van der Waals surface area contributed by atoms with Gasteiger partial charge in [0.25, 0.3) is 0 Å². The van der Waals surface area contributed by atoms with Gasteiger partial charge in [-0.2, -0.15) is 5.10 Å². The van der Waals surface area contributed by atoms with Crippen molar-refractivity contribution in [3.05, 3.63) is 17.5 Å². The molecule has 17 heavy (non-hydrogen) atoms. The Bertz CT molecular complexity index is 371. The van der Waals surface area contributed by atoms with Crippen LogP contribution in [0.4, 0.5) is 0 Å². The molecule has 1 fully saturated rings. The standard InChI is InChI=1S/C13H24N4/c1-10-4-5-12(6-14)8-17(10)9-13-7-15-16(3)11(13)2/h7,10,12H,4-6,8-9,14H2,1-3H3. The molecule has 0 spiro atoms. The molecule has 4 heteroatoms. The molecule has 0 aliphatic carbocycles. The van der Waals surface area contributed by atoms with E-state index >= 15 is 0 Å². The third-order valence-electron chi connectivity index (χ3n) is 4.15. The lowest BCUT2D eigenvalue weighted by atomic mass is 9.93. The number of hydrogen-bond donors (Lipinski definition) is 1. The normalized spacial score (nSPS) is 26.4. The van der Waals surface area contributed by atoms with Gasteiger partial charge in [0.2, 0.25) is 0 Å². The average Bonchev–Trinajstić information content (AvgIpc) is 2.64. The van der Waals surface area contributed by atoms with Gasteiger partial charge >= 0.3 is 0 Å². The van der Waals surface area contributed by atoms with E-state index in [1.807, 2.05) is 17.9 Å². The molecule has 1 aromatic rings. The minimum atomic E-state index is 0.664. The summed E-state index contributed by atoms with van der Waals surface area (Å²) in [6, 6.07) is 0.664. The third kappa shape index (κ3) is 2.69. The molecule has 1 aliphatic rings. The fourth-order valence-electron chi connectivity index (χ4n) is 2.59. The first kappa shape index (κ1) is 12.6. The molecule has 2 unspecified atom stereocenters. The molecule has 1 saturated heterocycles. The maximum atomic E-state index is 5.80. The third-order valence-corrected chi connectivity index (χ3v) is 4.15. The maximum absolute atomic E-state index is 5.80. The smallest absolute Gasteiger partial charge is 0.0537 e. The zero-order chi connectivity index (χ0) is 12.4. The summed E-state index contributed by atoms with van der Waals surface area (Å²) in [5.41, 5.74) is 8.41. The van der Waals surface area contributed by atoms with Crippen molar-refractivity contribution in [1.82, 2.24) is 14.7 Å². The number of nitrogens with zero attached hydrogens (tertiary/aromatic N) is 3. The molecular formula is C13H24N4. The zero-order valence-electron chi connectivity index (χ0n) is 11.2. The number of aryl methyl sites for hydroxylation is 1. The summed E-state index contributed by atoms with van der Waals surface area (Å²) in [6.07, 6.45) is 4.54. The van der Waals surface area contributed by atoms with Crippen LogP contribution in [-0.4, -0.2) is 33.8 Å². The Morgan fingerprint density at radius 1 is 1.47 bits per heavy atom. The summed E-state index contributed by atoms with van der Waals surface area (Å²) in [5, 5.41) is 4.31. The van der Waals surface area contributed by atoms with E-state index in [1.54, 1.807) is 0 Å². The number of aromatic nitrogens is 2. The van der Waals surface area contributed by atoms with Crippen LogP contribution < -0.4 is 5.73 Å². The van der Waals surface area contributed by atoms with E-state index in [0.717, 1.165) is 19.6 Å². The Kier molecular flexibility index (Phi) is 3.84. The van der Waals surface area contributed by atoms with E-state index in [0.29, 0.717) is 12.0 Å². The van der Waals surface area contributed by atoms with E-state index in [2.05, 4.69) is 23.8 Å². The van der Waals surface area contributed by atoms with Crippen LogP contribution in [0.1, 0.15) is 31.0 Å². The van der Waals surface area contributed by atoms with Crippen LogP contribution >= 0.6 is 0 Å². The van der Waals surface area contributed by atoms with Gasteiger partial charge < -0.3 is 5.73 Å². The molecule has 0 saturated carbocycles. The van der Waals surface area contributed by atoms with Crippen molar-refractivity contribution in [2.24, 2.45) is 18.7 Å². The highest BCUT2D eigenvalue weighted by atomic mass is 15.3. The van der Waals surface area contributed by atoms with Gasteiger partial charge in [-0.1, -0.05) is 0 Å². The second-order valence-electron chi connectivity index (χ2n) is 5.34. The van der Waals surface area contributed by atoms with E-state index in [4.69, 9.17) is 5.73 Å². The van der Waals surface area contributed by atoms with Crippen LogP contribution in [0, 0.1) is 12.8 Å². The lowest BCUT2D eigenvalue weighted by Gasteiger charge is -2.37. The first-order valence-electron chi connectivity index (χ1n) is 6.53. The Morgan fingerprint density at radius 2 is 2.24 bits per heavy atom. The summed E-state index contributed by atoms with van der Waals surface area (Å²) in [7, 11) is 2.00. The Morgan fingerprint density at radius 3 is 2.82 bits per heavy atom. The van der Waals surface area contributed by atoms with Crippen molar-refractivity contribution in [1.29, 1.82) is 0 Å². The van der Waals surface area contributed by atoms with Gasteiger partial charge in [-0.15, -0.1) is 0 Å². The lowest BCUT2D eigenvalue weighted by molar-refractivity contribution is 0.113. The predicted molar refractivity (Wildman–Crippen MR) is 69.6 cm³/mol. The van der Waals surface area contributed by atoms with Crippen molar-refractivity contribution < 1.29 is 0 Å². The molecule has 2 heterocycles. The molecule has 1 aliphatic heterocycles. The first-order valence-corrected chi connectivity index (χ1v) is 6.53. The fourth-order valence-corrected chi connectivity index (χ4v) is 2.59. The quantitative estimate of drug-likeness (QED) is 0.860. The van der Waals surface area contributed by atoms with Gasteiger partial charge in [-0.3, -0.25) is 9.58 Å². The summed E-state index contributed by atoms with van der Waals surface area (Å²) in [6.45, 7) is 7.41. The molecule has 96 valence electrons. The second-order valence-corrected chi connectivity index (χ2v) is 5.34. The van der Waals surface area contributed by atoms with E-state index < -0.39 is 0 Å². The van der Waals surface area contributed by atoms with Crippen LogP contribution in [0.5, 0.6) is 0 Å². The predicted octanol–water partition coefficient (Wildman–Crippen LogP) is 1.29.